The van der Waals surface area contributed by atoms with Crippen molar-refractivity contribution in [3.8, 4) is 5.75 Å². The van der Waals surface area contributed by atoms with Crippen molar-refractivity contribution in [1.82, 2.24) is 14.6 Å². The van der Waals surface area contributed by atoms with E-state index >= 15 is 4.39 Å². The second-order valence-electron chi connectivity index (χ2n) is 8.20. The third-order valence-electron chi connectivity index (χ3n) is 4.92. The monoisotopic (exact) mass is 565 g/mol. The number of nitrogens with one attached hydrogen (secondary N) is 2. The first-order valence-electron chi connectivity index (χ1n) is 10.8. The molecule has 1 aromatic heterocycles. The Morgan fingerprint density at radius 2 is 2.00 bits per heavy atom. The van der Waals surface area contributed by atoms with Gasteiger partial charge in [-0.1, -0.05) is 29.8 Å². The van der Waals surface area contributed by atoms with Gasteiger partial charge in [0.1, 0.15) is 24.0 Å². The van der Waals surface area contributed by atoms with Crippen LogP contribution in [0.2, 0.25) is 0 Å². The lowest BCUT2D eigenvalue weighted by Gasteiger charge is -2.28. The third kappa shape index (κ3) is 6.80. The Balaban J connectivity index is 1.80. The average molecular weight is 566 g/mol. The number of alkyl halides is 2. The number of para-hydroxylation sites is 1. The molecule has 1 saturated heterocycles. The molecule has 2 heterocycles. The molecule has 0 spiro atoms. The molecule has 6 atom stereocenters. The zero-order chi connectivity index (χ0) is 26.7. The van der Waals surface area contributed by atoms with Crippen LogP contribution in [0.4, 0.5) is 4.39 Å². The molecule has 11 nitrogen and oxygen atoms in total. The summed E-state index contributed by atoms with van der Waals surface area (Å²) in [7, 11) is 0. The van der Waals surface area contributed by atoms with Gasteiger partial charge in [0.05, 0.1) is 12.7 Å². The molecule has 1 fully saturated rings. The maximum Gasteiger partial charge on any atom is 0.330 e. The number of hydrogen-bond donors (Lipinski definition) is 3. The summed E-state index contributed by atoms with van der Waals surface area (Å²) in [4.78, 5) is 37.7. The molecule has 2 aromatic rings. The van der Waals surface area contributed by atoms with Crippen LogP contribution in [0.15, 0.2) is 52.2 Å². The second kappa shape index (κ2) is 11.5. The minimum absolute atomic E-state index is 0.334. The minimum atomic E-state index is -3.51. The number of aliphatic hydroxyl groups excluding tert-OH is 1. The molecule has 1 aliphatic heterocycles. The number of aromatic nitrogens is 2. The Morgan fingerprint density at radius 3 is 2.61 bits per heavy atom. The number of ether oxygens (including phenoxy) is 2. The zero-order valence-corrected chi connectivity index (χ0v) is 22.0. The van der Waals surface area contributed by atoms with Gasteiger partial charge in [0, 0.05) is 12.3 Å². The van der Waals surface area contributed by atoms with Crippen LogP contribution in [-0.2, 0) is 30.6 Å². The van der Waals surface area contributed by atoms with E-state index in [2.05, 4.69) is 5.09 Å². The Bertz CT molecular complexity index is 1230. The standard InChI is InChI=1S/C21H26ClFN3O8PS/c1-12(2)32-18(29)13(3)25-35(36,34-14-7-5-4-6-8-14)31-11-15-17(28)21(22,23)19(33-15)26-10-9-16(27)24-20(26)30/h4-10,12-13,15,17,19,28H,11H2,1-3H3,(H,25,36)(H,24,27,30)/t13-,15-,17-,19-,21+,35?/m1/s1. The Hall–Kier alpha value is -2.12. The fourth-order valence-electron chi connectivity index (χ4n) is 3.22. The lowest BCUT2D eigenvalue weighted by molar-refractivity contribution is -0.149. The number of halogens is 2. The van der Waals surface area contributed by atoms with Gasteiger partial charge < -0.3 is 23.6 Å². The Kier molecular flexibility index (Phi) is 9.10. The van der Waals surface area contributed by atoms with E-state index in [4.69, 9.17) is 41.9 Å². The molecule has 0 saturated carbocycles. The largest absolute Gasteiger partial charge is 0.462 e. The third-order valence-corrected chi connectivity index (χ3v) is 7.83. The van der Waals surface area contributed by atoms with Crippen LogP contribution in [0.25, 0.3) is 0 Å². The molecule has 0 aliphatic carbocycles. The van der Waals surface area contributed by atoms with E-state index in [1.54, 1.807) is 44.2 Å². The van der Waals surface area contributed by atoms with Crippen molar-refractivity contribution >= 4 is 36.0 Å². The van der Waals surface area contributed by atoms with E-state index < -0.39 is 60.1 Å². The number of carbonyl (C=O) groups excluding carboxylic acids is 1. The fourth-order valence-corrected chi connectivity index (χ4v) is 5.94. The number of rotatable bonds is 10. The van der Waals surface area contributed by atoms with Crippen LogP contribution in [0, 0.1) is 0 Å². The summed E-state index contributed by atoms with van der Waals surface area (Å²) >= 11 is 11.5. The van der Waals surface area contributed by atoms with Crippen LogP contribution >= 0.6 is 18.2 Å². The molecule has 3 rings (SSSR count). The summed E-state index contributed by atoms with van der Waals surface area (Å²) in [5.74, 6) is -0.266. The summed E-state index contributed by atoms with van der Waals surface area (Å²) in [5, 5.41) is 10.4. The SMILES string of the molecule is CC(C)OC(=O)[C@@H](C)NP(=S)(OC[C@H]1O[C@@H](n2ccc(=O)[nH]c2=O)[C@](F)(Cl)[C@@H]1O)Oc1ccccc1. The van der Waals surface area contributed by atoms with E-state index in [9.17, 15) is 19.5 Å². The number of hydrogen-bond acceptors (Lipinski definition) is 9. The first-order chi connectivity index (χ1) is 16.8. The maximum atomic E-state index is 15.2. The molecule has 0 bridgehead atoms. The summed E-state index contributed by atoms with van der Waals surface area (Å²) in [6.07, 6.45) is -4.50. The van der Waals surface area contributed by atoms with E-state index in [0.29, 0.717) is 10.3 Å². The minimum Gasteiger partial charge on any atom is -0.462 e. The van der Waals surface area contributed by atoms with Gasteiger partial charge in [0.2, 0.25) is 0 Å². The predicted molar refractivity (Wildman–Crippen MR) is 132 cm³/mol. The highest BCUT2D eigenvalue weighted by Crippen LogP contribution is 2.48. The van der Waals surface area contributed by atoms with Crippen LogP contribution in [0.5, 0.6) is 5.75 Å². The van der Waals surface area contributed by atoms with Crippen molar-refractivity contribution in [3.63, 3.8) is 0 Å². The van der Waals surface area contributed by atoms with Gasteiger partial charge in [-0.15, -0.1) is 0 Å². The molecule has 36 heavy (non-hydrogen) atoms. The summed E-state index contributed by atoms with van der Waals surface area (Å²) in [6, 6.07) is 8.44. The first kappa shape index (κ1) is 28.5. The van der Waals surface area contributed by atoms with Crippen molar-refractivity contribution in [2.24, 2.45) is 0 Å². The van der Waals surface area contributed by atoms with Gasteiger partial charge in [-0.05, 0) is 44.7 Å². The number of benzene rings is 1. The Labute approximate surface area is 215 Å². The van der Waals surface area contributed by atoms with Crippen molar-refractivity contribution in [2.45, 2.75) is 56.5 Å². The topological polar surface area (TPSA) is 141 Å². The molecular formula is C21H26ClFN3O8PS. The fraction of sp³-hybridized carbons (Fsp3) is 0.476. The molecule has 3 N–H and O–H groups in total. The molecule has 15 heteroatoms. The van der Waals surface area contributed by atoms with Crippen LogP contribution in [-0.4, -0.2) is 56.7 Å². The highest BCUT2D eigenvalue weighted by Gasteiger charge is 2.58. The van der Waals surface area contributed by atoms with E-state index in [-0.39, 0.29) is 6.10 Å². The van der Waals surface area contributed by atoms with Crippen molar-refractivity contribution in [1.29, 1.82) is 0 Å². The van der Waals surface area contributed by atoms with E-state index in [1.807, 2.05) is 4.98 Å². The number of carbonyl (C=O) groups is 1. The van der Waals surface area contributed by atoms with Gasteiger partial charge in [-0.3, -0.25) is 19.1 Å². The van der Waals surface area contributed by atoms with Crippen LogP contribution in [0.1, 0.15) is 27.0 Å². The number of esters is 1. The lowest BCUT2D eigenvalue weighted by Crippen LogP contribution is -2.42. The summed E-state index contributed by atoms with van der Waals surface area (Å²) < 4.78 is 38.3. The number of aliphatic hydroxyl groups is 1. The van der Waals surface area contributed by atoms with Gasteiger partial charge in [-0.2, -0.15) is 0 Å². The molecule has 0 radical (unpaired) electrons. The molecule has 1 aromatic carbocycles. The van der Waals surface area contributed by atoms with Crippen molar-refractivity contribution in [3.05, 3.63) is 63.4 Å². The number of nitrogens with zero attached hydrogens (tertiary/aromatic N) is 1. The van der Waals surface area contributed by atoms with Gasteiger partial charge in [0.25, 0.3) is 10.7 Å². The first-order valence-corrected chi connectivity index (χ1v) is 13.8. The molecule has 1 unspecified atom stereocenters. The predicted octanol–water partition coefficient (Wildman–Crippen LogP) is 1.95. The number of aromatic amines is 1. The molecule has 0 amide bonds. The maximum absolute atomic E-state index is 15.2. The summed E-state index contributed by atoms with van der Waals surface area (Å²) in [5.41, 5.74) is -1.69. The normalized spacial score (nSPS) is 26.4. The molecule has 198 valence electrons. The van der Waals surface area contributed by atoms with Crippen molar-refractivity contribution < 1.29 is 32.8 Å². The molecule has 1 aliphatic rings. The Morgan fingerprint density at radius 1 is 1.33 bits per heavy atom. The van der Waals surface area contributed by atoms with E-state index in [0.717, 1.165) is 12.3 Å². The van der Waals surface area contributed by atoms with Gasteiger partial charge in [-0.25, -0.2) is 14.3 Å². The number of H-pyrrole nitrogens is 1. The van der Waals surface area contributed by atoms with Crippen molar-refractivity contribution in [2.75, 3.05) is 6.61 Å². The van der Waals surface area contributed by atoms with Crippen LogP contribution in [0.3, 0.4) is 0 Å². The second-order valence-corrected chi connectivity index (χ2v) is 11.9. The smallest absolute Gasteiger partial charge is 0.330 e. The quantitative estimate of drug-likeness (QED) is 0.222. The highest BCUT2D eigenvalue weighted by atomic mass is 35.5. The van der Waals surface area contributed by atoms with E-state index in [1.165, 1.54) is 6.92 Å². The van der Waals surface area contributed by atoms with Gasteiger partial charge in [0.15, 0.2) is 6.23 Å². The highest BCUT2D eigenvalue weighted by molar-refractivity contribution is 8.09. The van der Waals surface area contributed by atoms with Gasteiger partial charge >= 0.3 is 18.3 Å². The lowest BCUT2D eigenvalue weighted by atomic mass is 10.1. The molecular weight excluding hydrogens is 540 g/mol. The van der Waals surface area contributed by atoms with Crippen LogP contribution < -0.4 is 20.9 Å². The summed E-state index contributed by atoms with van der Waals surface area (Å²) in [6.45, 7) is 0.859. The average Bonchev–Trinajstić information content (AvgIpc) is 3.01. The zero-order valence-electron chi connectivity index (χ0n) is 19.5.